The van der Waals surface area contributed by atoms with Crippen LogP contribution in [0.1, 0.15) is 49.9 Å². The molecular formula is C26H28N2O2. The Morgan fingerprint density at radius 2 is 1.23 bits per heavy atom. The summed E-state index contributed by atoms with van der Waals surface area (Å²) in [5, 5.41) is 15.7. The number of hydrogen-bond donors (Lipinski definition) is 2. The van der Waals surface area contributed by atoms with Crippen LogP contribution in [0.25, 0.3) is 0 Å². The highest BCUT2D eigenvalue weighted by atomic mass is 16.3. The van der Waals surface area contributed by atoms with Gasteiger partial charge < -0.3 is 5.11 Å². The van der Waals surface area contributed by atoms with E-state index in [0.717, 1.165) is 5.56 Å². The lowest BCUT2D eigenvalue weighted by molar-refractivity contribution is -0.136. The highest BCUT2D eigenvalue weighted by Gasteiger charge is 2.39. The first kappa shape index (κ1) is 21.5. The highest BCUT2D eigenvalue weighted by molar-refractivity contribution is 6.00. The van der Waals surface area contributed by atoms with Gasteiger partial charge in [-0.15, -0.1) is 0 Å². The molecule has 0 saturated heterocycles. The minimum absolute atomic E-state index is 0.0691. The zero-order valence-electron chi connectivity index (χ0n) is 17.9. The van der Waals surface area contributed by atoms with Crippen LogP contribution in [0.2, 0.25) is 0 Å². The second kappa shape index (κ2) is 8.64. The number of aliphatic hydroxyl groups is 1. The molecule has 0 unspecified atom stereocenters. The number of hydrazone groups is 1. The van der Waals surface area contributed by atoms with Crippen molar-refractivity contribution in [2.45, 2.75) is 38.7 Å². The van der Waals surface area contributed by atoms with E-state index in [0.29, 0.717) is 16.8 Å². The average Bonchev–Trinajstić information content (AvgIpc) is 2.77. The number of nitrogens with one attached hydrogen (secondary N) is 1. The van der Waals surface area contributed by atoms with Crippen LogP contribution in [0, 0.1) is 0 Å². The summed E-state index contributed by atoms with van der Waals surface area (Å²) in [7, 11) is 0. The third-order valence-electron chi connectivity index (χ3n) is 5.21. The number of carbonyl (C=O) groups is 1. The Labute approximate surface area is 178 Å². The monoisotopic (exact) mass is 400 g/mol. The van der Waals surface area contributed by atoms with Gasteiger partial charge in [0, 0.05) is 0 Å². The van der Waals surface area contributed by atoms with Crippen LogP contribution in [-0.2, 0) is 15.8 Å². The molecule has 3 aromatic rings. The molecule has 3 aromatic carbocycles. The van der Waals surface area contributed by atoms with Crippen molar-refractivity contribution in [2.75, 3.05) is 0 Å². The van der Waals surface area contributed by atoms with Crippen LogP contribution in [0.4, 0.5) is 0 Å². The number of amides is 1. The first-order valence-electron chi connectivity index (χ1n) is 10.0. The molecule has 0 heterocycles. The molecule has 0 fully saturated rings. The van der Waals surface area contributed by atoms with E-state index in [2.05, 4.69) is 43.4 Å². The molecule has 0 bridgehead atoms. The summed E-state index contributed by atoms with van der Waals surface area (Å²) < 4.78 is 0. The Kier molecular flexibility index (Phi) is 6.18. The van der Waals surface area contributed by atoms with Gasteiger partial charge in [0.2, 0.25) is 0 Å². The second-order valence-corrected chi connectivity index (χ2v) is 8.41. The summed E-state index contributed by atoms with van der Waals surface area (Å²) in [4.78, 5) is 13.1. The van der Waals surface area contributed by atoms with E-state index in [1.165, 1.54) is 5.56 Å². The van der Waals surface area contributed by atoms with E-state index in [1.54, 1.807) is 48.5 Å². The minimum Gasteiger partial charge on any atom is -0.372 e. The quantitative estimate of drug-likeness (QED) is 0.479. The number of benzene rings is 3. The van der Waals surface area contributed by atoms with Crippen molar-refractivity contribution in [2.24, 2.45) is 5.10 Å². The Morgan fingerprint density at radius 1 is 0.767 bits per heavy atom. The van der Waals surface area contributed by atoms with Crippen LogP contribution in [0.3, 0.4) is 0 Å². The molecule has 3 rings (SSSR count). The topological polar surface area (TPSA) is 61.7 Å². The van der Waals surface area contributed by atoms with Gasteiger partial charge in [-0.2, -0.15) is 5.10 Å². The zero-order valence-corrected chi connectivity index (χ0v) is 17.9. The highest BCUT2D eigenvalue weighted by Crippen LogP contribution is 2.30. The fourth-order valence-electron chi connectivity index (χ4n) is 3.28. The third-order valence-corrected chi connectivity index (χ3v) is 5.21. The van der Waals surface area contributed by atoms with E-state index < -0.39 is 11.5 Å². The molecule has 0 aliphatic heterocycles. The van der Waals surface area contributed by atoms with Crippen molar-refractivity contribution in [3.05, 3.63) is 107 Å². The molecule has 154 valence electrons. The standard InChI is InChI=1S/C26H28N2O2/c1-19(20-15-17-21(18-16-20)25(2,3)4)27-28-24(29)26(30,22-11-7-5-8-12-22)23-13-9-6-10-14-23/h5-18,30H,1-4H3,(H,28,29)/b27-19-. The fraction of sp³-hybridized carbons (Fsp3) is 0.231. The summed E-state index contributed by atoms with van der Waals surface area (Å²) in [6.07, 6.45) is 0. The molecule has 0 atom stereocenters. The largest absolute Gasteiger partial charge is 0.372 e. The first-order valence-corrected chi connectivity index (χ1v) is 10.0. The fourth-order valence-corrected chi connectivity index (χ4v) is 3.28. The summed E-state index contributed by atoms with van der Waals surface area (Å²) in [6, 6.07) is 25.9. The molecule has 30 heavy (non-hydrogen) atoms. The Morgan fingerprint density at radius 3 is 1.67 bits per heavy atom. The smallest absolute Gasteiger partial charge is 0.281 e. The lowest BCUT2D eigenvalue weighted by Gasteiger charge is -2.27. The van der Waals surface area contributed by atoms with Gasteiger partial charge in [-0.25, -0.2) is 5.43 Å². The number of carbonyl (C=O) groups excluding carboxylic acids is 1. The molecule has 0 radical (unpaired) electrons. The predicted octanol–water partition coefficient (Wildman–Crippen LogP) is 4.76. The number of hydrogen-bond acceptors (Lipinski definition) is 3. The Bertz CT molecular complexity index is 979. The molecule has 0 aliphatic carbocycles. The summed E-state index contributed by atoms with van der Waals surface area (Å²) in [6.45, 7) is 8.32. The van der Waals surface area contributed by atoms with Crippen LogP contribution >= 0.6 is 0 Å². The van der Waals surface area contributed by atoms with Crippen LogP contribution in [0.5, 0.6) is 0 Å². The van der Waals surface area contributed by atoms with E-state index in [4.69, 9.17) is 0 Å². The molecule has 2 N–H and O–H groups in total. The van der Waals surface area contributed by atoms with E-state index >= 15 is 0 Å². The molecule has 4 heteroatoms. The van der Waals surface area contributed by atoms with Gasteiger partial charge in [0.15, 0.2) is 5.60 Å². The molecule has 0 aromatic heterocycles. The Hall–Kier alpha value is -3.24. The number of nitrogens with zero attached hydrogens (tertiary/aromatic N) is 1. The predicted molar refractivity (Wildman–Crippen MR) is 121 cm³/mol. The number of rotatable bonds is 5. The normalized spacial score (nSPS) is 12.5. The van der Waals surface area contributed by atoms with Gasteiger partial charge in [0.25, 0.3) is 5.91 Å². The molecule has 0 spiro atoms. The van der Waals surface area contributed by atoms with Crippen molar-refractivity contribution in [1.29, 1.82) is 0 Å². The van der Waals surface area contributed by atoms with E-state index in [9.17, 15) is 9.90 Å². The van der Waals surface area contributed by atoms with Crippen LogP contribution in [-0.4, -0.2) is 16.7 Å². The van der Waals surface area contributed by atoms with Crippen molar-refractivity contribution in [3.63, 3.8) is 0 Å². The minimum atomic E-state index is -1.84. The molecular weight excluding hydrogens is 372 g/mol. The van der Waals surface area contributed by atoms with Gasteiger partial charge >= 0.3 is 0 Å². The molecule has 1 amide bonds. The average molecular weight is 401 g/mol. The van der Waals surface area contributed by atoms with Crippen molar-refractivity contribution < 1.29 is 9.90 Å². The maximum Gasteiger partial charge on any atom is 0.281 e. The SMILES string of the molecule is C/C(=N/NC(=O)C(O)(c1ccccc1)c1ccccc1)c1ccc(C(C)(C)C)cc1. The summed E-state index contributed by atoms with van der Waals surface area (Å²) in [5.74, 6) is -0.606. The molecule has 0 saturated carbocycles. The van der Waals surface area contributed by atoms with Gasteiger partial charge in [-0.1, -0.05) is 106 Å². The van der Waals surface area contributed by atoms with Gasteiger partial charge in [0.05, 0.1) is 5.71 Å². The maximum atomic E-state index is 13.1. The van der Waals surface area contributed by atoms with Crippen LogP contribution < -0.4 is 5.43 Å². The van der Waals surface area contributed by atoms with Gasteiger partial charge in [-0.3, -0.25) is 4.79 Å². The summed E-state index contributed by atoms with van der Waals surface area (Å²) in [5.41, 5.74) is 4.55. The first-order chi connectivity index (χ1) is 14.2. The second-order valence-electron chi connectivity index (χ2n) is 8.41. The lowest BCUT2D eigenvalue weighted by Crippen LogP contribution is -2.43. The van der Waals surface area contributed by atoms with Crippen molar-refractivity contribution >= 4 is 11.6 Å². The van der Waals surface area contributed by atoms with E-state index in [-0.39, 0.29) is 5.41 Å². The lowest BCUT2D eigenvalue weighted by atomic mass is 9.85. The van der Waals surface area contributed by atoms with Gasteiger partial charge in [0.1, 0.15) is 0 Å². The van der Waals surface area contributed by atoms with Gasteiger partial charge in [-0.05, 0) is 34.6 Å². The third kappa shape index (κ3) is 4.50. The van der Waals surface area contributed by atoms with Crippen LogP contribution in [0.15, 0.2) is 90.0 Å². The Balaban J connectivity index is 1.88. The van der Waals surface area contributed by atoms with Crippen molar-refractivity contribution in [3.8, 4) is 0 Å². The zero-order chi connectivity index (χ0) is 21.8. The van der Waals surface area contributed by atoms with Crippen molar-refractivity contribution in [1.82, 2.24) is 5.43 Å². The van der Waals surface area contributed by atoms with E-state index in [1.807, 2.05) is 31.2 Å². The summed E-state index contributed by atoms with van der Waals surface area (Å²) >= 11 is 0. The molecule has 4 nitrogen and oxygen atoms in total. The maximum absolute atomic E-state index is 13.1. The molecule has 0 aliphatic rings.